The van der Waals surface area contributed by atoms with Crippen LogP contribution in [-0.2, 0) is 17.6 Å². The predicted octanol–water partition coefficient (Wildman–Crippen LogP) is 4.00. The van der Waals surface area contributed by atoms with Crippen molar-refractivity contribution in [3.8, 4) is 0 Å². The van der Waals surface area contributed by atoms with E-state index in [0.29, 0.717) is 10.6 Å². The van der Waals surface area contributed by atoms with Gasteiger partial charge in [-0.2, -0.15) is 0 Å². The minimum absolute atomic E-state index is 0.0433. The average molecular weight is 304 g/mol. The first kappa shape index (κ1) is 14.1. The highest BCUT2D eigenvalue weighted by molar-refractivity contribution is 6.30. The van der Waals surface area contributed by atoms with Crippen LogP contribution >= 0.6 is 11.6 Å². The molecule has 3 rings (SSSR count). The Balaban J connectivity index is 1.86. The van der Waals surface area contributed by atoms with Gasteiger partial charge in [0.1, 0.15) is 5.82 Å². The third-order valence-corrected chi connectivity index (χ3v) is 4.07. The predicted molar refractivity (Wildman–Crippen MR) is 82.2 cm³/mol. The van der Waals surface area contributed by atoms with Crippen LogP contribution in [0.1, 0.15) is 18.1 Å². The molecular formula is C17H15ClFNO. The van der Waals surface area contributed by atoms with Gasteiger partial charge in [0.25, 0.3) is 0 Å². The normalized spacial score (nSPS) is 16.9. The highest BCUT2D eigenvalue weighted by Gasteiger charge is 2.30. The topological polar surface area (TPSA) is 20.3 Å². The number of carbonyl (C=O) groups is 1. The lowest BCUT2D eigenvalue weighted by atomic mass is 10.1. The Kier molecular flexibility index (Phi) is 3.68. The Morgan fingerprint density at radius 2 is 2.10 bits per heavy atom. The maximum Gasteiger partial charge on any atom is 0.231 e. The van der Waals surface area contributed by atoms with E-state index in [1.807, 2.05) is 31.2 Å². The SMILES string of the molecule is C[C@@H]1Cc2ccccc2N1C(=O)Cc1ccc(Cl)cc1F. The van der Waals surface area contributed by atoms with Crippen LogP contribution in [0.4, 0.5) is 10.1 Å². The molecule has 0 saturated heterocycles. The molecule has 0 bridgehead atoms. The van der Waals surface area contributed by atoms with Crippen molar-refractivity contribution in [3.05, 3.63) is 64.4 Å². The quantitative estimate of drug-likeness (QED) is 0.821. The Labute approximate surface area is 128 Å². The molecule has 1 atom stereocenters. The number of hydrogen-bond acceptors (Lipinski definition) is 1. The number of anilines is 1. The molecule has 0 aliphatic carbocycles. The van der Waals surface area contributed by atoms with Crippen LogP contribution in [0.25, 0.3) is 0 Å². The van der Waals surface area contributed by atoms with E-state index in [0.717, 1.165) is 17.7 Å². The number of hydrogen-bond donors (Lipinski definition) is 0. The van der Waals surface area contributed by atoms with E-state index < -0.39 is 5.82 Å². The summed E-state index contributed by atoms with van der Waals surface area (Å²) in [6, 6.07) is 12.4. The Bertz CT molecular complexity index is 701. The summed E-state index contributed by atoms with van der Waals surface area (Å²) in [4.78, 5) is 14.3. The van der Waals surface area contributed by atoms with Gasteiger partial charge < -0.3 is 4.90 Å². The molecule has 0 aromatic heterocycles. The standard InChI is InChI=1S/C17H15ClFNO/c1-11-8-13-4-2-3-5-16(13)20(11)17(21)9-12-6-7-14(18)10-15(12)19/h2-7,10-11H,8-9H2,1H3/t11-/m1/s1. The van der Waals surface area contributed by atoms with E-state index in [1.165, 1.54) is 6.07 Å². The summed E-state index contributed by atoms with van der Waals surface area (Å²) in [6.45, 7) is 2.01. The van der Waals surface area contributed by atoms with E-state index in [-0.39, 0.29) is 18.4 Å². The van der Waals surface area contributed by atoms with E-state index in [1.54, 1.807) is 17.0 Å². The van der Waals surface area contributed by atoms with Gasteiger partial charge in [-0.1, -0.05) is 35.9 Å². The molecule has 1 heterocycles. The van der Waals surface area contributed by atoms with E-state index in [9.17, 15) is 9.18 Å². The summed E-state index contributed by atoms with van der Waals surface area (Å²) < 4.78 is 13.8. The molecule has 0 spiro atoms. The lowest BCUT2D eigenvalue weighted by Gasteiger charge is -2.23. The molecule has 0 unspecified atom stereocenters. The average Bonchev–Trinajstić information content (AvgIpc) is 2.77. The second kappa shape index (κ2) is 5.49. The third-order valence-electron chi connectivity index (χ3n) is 3.83. The van der Waals surface area contributed by atoms with Crippen molar-refractivity contribution < 1.29 is 9.18 Å². The first-order valence-corrected chi connectivity index (χ1v) is 7.28. The van der Waals surface area contributed by atoms with Crippen LogP contribution in [0.2, 0.25) is 5.02 Å². The van der Waals surface area contributed by atoms with Crippen molar-refractivity contribution in [2.24, 2.45) is 0 Å². The molecule has 4 heteroatoms. The van der Waals surface area contributed by atoms with Gasteiger partial charge in [-0.25, -0.2) is 4.39 Å². The van der Waals surface area contributed by atoms with Gasteiger partial charge in [-0.05, 0) is 42.7 Å². The van der Waals surface area contributed by atoms with Crippen LogP contribution < -0.4 is 4.90 Å². The number of para-hydroxylation sites is 1. The Morgan fingerprint density at radius 3 is 2.86 bits per heavy atom. The van der Waals surface area contributed by atoms with Crippen LogP contribution in [0, 0.1) is 5.82 Å². The number of rotatable bonds is 2. The number of fused-ring (bicyclic) bond motifs is 1. The number of nitrogens with zero attached hydrogens (tertiary/aromatic N) is 1. The summed E-state index contributed by atoms with van der Waals surface area (Å²) in [5.41, 5.74) is 2.47. The first-order chi connectivity index (χ1) is 10.1. The van der Waals surface area contributed by atoms with Crippen molar-refractivity contribution in [1.82, 2.24) is 0 Å². The molecule has 2 aromatic carbocycles. The molecule has 1 amide bonds. The van der Waals surface area contributed by atoms with Crippen LogP contribution in [0.3, 0.4) is 0 Å². The number of amides is 1. The first-order valence-electron chi connectivity index (χ1n) is 6.90. The summed E-state index contributed by atoms with van der Waals surface area (Å²) in [5.74, 6) is -0.523. The zero-order chi connectivity index (χ0) is 15.0. The number of benzene rings is 2. The summed E-state index contributed by atoms with van der Waals surface area (Å²) in [5, 5.41) is 0.337. The molecule has 0 N–H and O–H groups in total. The zero-order valence-corrected chi connectivity index (χ0v) is 12.4. The van der Waals surface area contributed by atoms with Crippen molar-refractivity contribution in [1.29, 1.82) is 0 Å². The van der Waals surface area contributed by atoms with Crippen LogP contribution in [-0.4, -0.2) is 11.9 Å². The summed E-state index contributed by atoms with van der Waals surface area (Å²) in [6.07, 6.45) is 0.882. The summed E-state index contributed by atoms with van der Waals surface area (Å²) in [7, 11) is 0. The molecule has 2 aromatic rings. The maximum atomic E-state index is 13.8. The lowest BCUT2D eigenvalue weighted by molar-refractivity contribution is -0.118. The van der Waals surface area contributed by atoms with Crippen LogP contribution in [0.15, 0.2) is 42.5 Å². The molecule has 0 fully saturated rings. The fraction of sp³-hybridized carbons (Fsp3) is 0.235. The van der Waals surface area contributed by atoms with Gasteiger partial charge in [0.2, 0.25) is 5.91 Å². The van der Waals surface area contributed by atoms with E-state index in [2.05, 4.69) is 0 Å². The van der Waals surface area contributed by atoms with Crippen molar-refractivity contribution >= 4 is 23.2 Å². The minimum Gasteiger partial charge on any atom is -0.309 e. The highest BCUT2D eigenvalue weighted by Crippen LogP contribution is 2.32. The minimum atomic E-state index is -0.434. The molecule has 2 nitrogen and oxygen atoms in total. The molecule has 1 aliphatic rings. The van der Waals surface area contributed by atoms with Gasteiger partial charge in [0, 0.05) is 16.8 Å². The van der Waals surface area contributed by atoms with Crippen molar-refractivity contribution in [2.75, 3.05) is 4.90 Å². The molecular weight excluding hydrogens is 289 g/mol. The third kappa shape index (κ3) is 2.66. The largest absolute Gasteiger partial charge is 0.309 e. The maximum absolute atomic E-state index is 13.8. The Hall–Kier alpha value is -1.87. The molecule has 0 radical (unpaired) electrons. The van der Waals surface area contributed by atoms with Gasteiger partial charge >= 0.3 is 0 Å². The second-order valence-electron chi connectivity index (χ2n) is 5.36. The van der Waals surface area contributed by atoms with Crippen LogP contribution in [0.5, 0.6) is 0 Å². The highest BCUT2D eigenvalue weighted by atomic mass is 35.5. The molecule has 108 valence electrons. The smallest absolute Gasteiger partial charge is 0.231 e. The van der Waals surface area contributed by atoms with Crippen molar-refractivity contribution in [3.63, 3.8) is 0 Å². The fourth-order valence-corrected chi connectivity index (χ4v) is 3.02. The molecule has 1 aliphatic heterocycles. The van der Waals surface area contributed by atoms with Gasteiger partial charge in [0.05, 0.1) is 6.42 Å². The molecule has 21 heavy (non-hydrogen) atoms. The van der Waals surface area contributed by atoms with Gasteiger partial charge in [0.15, 0.2) is 0 Å². The van der Waals surface area contributed by atoms with Crippen molar-refractivity contribution in [2.45, 2.75) is 25.8 Å². The van der Waals surface area contributed by atoms with E-state index in [4.69, 9.17) is 11.6 Å². The molecule has 0 saturated carbocycles. The number of carbonyl (C=O) groups excluding carboxylic acids is 1. The van der Waals surface area contributed by atoms with E-state index >= 15 is 0 Å². The number of halogens is 2. The second-order valence-corrected chi connectivity index (χ2v) is 5.79. The van der Waals surface area contributed by atoms with Gasteiger partial charge in [-0.3, -0.25) is 4.79 Å². The summed E-state index contributed by atoms with van der Waals surface area (Å²) >= 11 is 5.74. The zero-order valence-electron chi connectivity index (χ0n) is 11.6. The van der Waals surface area contributed by atoms with Gasteiger partial charge in [-0.15, -0.1) is 0 Å². The monoisotopic (exact) mass is 303 g/mol. The Morgan fingerprint density at radius 1 is 1.33 bits per heavy atom. The fourth-order valence-electron chi connectivity index (χ4n) is 2.86. The lowest BCUT2D eigenvalue weighted by Crippen LogP contribution is -2.36.